The number of benzene rings is 2. The molecule has 2 aromatic carbocycles. The molecule has 0 radical (unpaired) electrons. The lowest BCUT2D eigenvalue weighted by molar-refractivity contribution is -0.150. The van der Waals surface area contributed by atoms with Gasteiger partial charge in [-0.25, -0.2) is 22.9 Å². The molecule has 4 rings (SSSR count). The van der Waals surface area contributed by atoms with Crippen LogP contribution in [-0.4, -0.2) is 48.6 Å². The summed E-state index contributed by atoms with van der Waals surface area (Å²) in [6.45, 7) is 8.66. The molecule has 258 valence electrons. The van der Waals surface area contributed by atoms with Crippen molar-refractivity contribution in [2.45, 2.75) is 108 Å². The van der Waals surface area contributed by atoms with E-state index in [1.165, 1.54) is 12.1 Å². The third kappa shape index (κ3) is 10.5. The zero-order valence-electron chi connectivity index (χ0n) is 26.9. The molecule has 2 amide bonds. The van der Waals surface area contributed by atoms with Gasteiger partial charge in [-0.1, -0.05) is 36.4 Å². The number of aliphatic hydroxyl groups excluding tert-OH is 1. The fourth-order valence-corrected chi connectivity index (χ4v) is 8.33. The minimum Gasteiger partial charge on any atom is -0.356 e. The molecule has 0 bridgehead atoms. The predicted molar refractivity (Wildman–Crippen MR) is 175 cm³/mol. The summed E-state index contributed by atoms with van der Waals surface area (Å²) in [5, 5.41) is 18.6. The molecule has 0 aliphatic heterocycles. The lowest BCUT2D eigenvalue weighted by Gasteiger charge is -2.30. The van der Waals surface area contributed by atoms with E-state index < -0.39 is 44.8 Å². The second kappa shape index (κ2) is 15.0. The fraction of sp³-hybridized carbons (Fsp3) is 0.500. The molecular weight excluding hydrogens is 656 g/mol. The Bertz CT molecular complexity index is 1620. The number of thiazole rings is 1. The van der Waals surface area contributed by atoms with Crippen LogP contribution in [0, 0.1) is 0 Å². The van der Waals surface area contributed by atoms with E-state index in [4.69, 9.17) is 4.74 Å². The van der Waals surface area contributed by atoms with Gasteiger partial charge in [-0.15, -0.1) is 11.3 Å². The monoisotopic (exact) mass is 697 g/mol. The van der Waals surface area contributed by atoms with Crippen LogP contribution in [0.1, 0.15) is 82.5 Å². The van der Waals surface area contributed by atoms with Crippen LogP contribution >= 0.6 is 11.3 Å². The standard InChI is InChI=1S/C32H42F3N5O5S2/c1-19(2)45-30(42)38-22-13-11-21(12-14-22)28-39-27(32(33,34)35)26(46-28)24-16-15-23(17-25(24)47(43,44)40-31(3,4)5)37-29(41)36-18-20-9-7-6-8-10-20/h6-10,15-17,19,21-22,30,38,40,42H,11-14,18H2,1-5H3,(H2,36,37,41)/t21-,22-,30?. The van der Waals surface area contributed by atoms with Gasteiger partial charge < -0.3 is 20.5 Å². The molecule has 3 aromatic rings. The number of sulfonamides is 1. The van der Waals surface area contributed by atoms with Crippen LogP contribution in [0.5, 0.6) is 0 Å². The van der Waals surface area contributed by atoms with Gasteiger partial charge in [0.2, 0.25) is 16.4 Å². The van der Waals surface area contributed by atoms with Crippen molar-refractivity contribution in [2.75, 3.05) is 5.32 Å². The Morgan fingerprint density at radius 2 is 1.72 bits per heavy atom. The quantitative estimate of drug-likeness (QED) is 0.143. The van der Waals surface area contributed by atoms with Crippen molar-refractivity contribution in [3.05, 3.63) is 64.8 Å². The maximum absolute atomic E-state index is 14.5. The molecule has 1 aromatic heterocycles. The van der Waals surface area contributed by atoms with E-state index in [0.29, 0.717) is 25.7 Å². The van der Waals surface area contributed by atoms with Crippen LogP contribution in [0.3, 0.4) is 0 Å². The Morgan fingerprint density at radius 3 is 2.32 bits per heavy atom. The number of amides is 2. The van der Waals surface area contributed by atoms with Gasteiger partial charge in [0.15, 0.2) is 5.69 Å². The summed E-state index contributed by atoms with van der Waals surface area (Å²) in [6, 6.07) is 12.3. The van der Waals surface area contributed by atoms with E-state index >= 15 is 0 Å². The van der Waals surface area contributed by atoms with E-state index in [1.54, 1.807) is 34.6 Å². The van der Waals surface area contributed by atoms with Crippen LogP contribution in [0.25, 0.3) is 10.4 Å². The first kappa shape index (κ1) is 36.8. The summed E-state index contributed by atoms with van der Waals surface area (Å²) >= 11 is 0.826. The number of carbonyl (C=O) groups is 1. The molecule has 1 fully saturated rings. The van der Waals surface area contributed by atoms with Crippen LogP contribution < -0.4 is 20.7 Å². The summed E-state index contributed by atoms with van der Waals surface area (Å²) in [4.78, 5) is 16.0. The molecule has 5 N–H and O–H groups in total. The van der Waals surface area contributed by atoms with E-state index in [9.17, 15) is 31.5 Å². The Balaban J connectivity index is 1.64. The van der Waals surface area contributed by atoms with Gasteiger partial charge in [0.25, 0.3) is 0 Å². The van der Waals surface area contributed by atoms with Crippen molar-refractivity contribution in [3.63, 3.8) is 0 Å². The molecule has 10 nitrogen and oxygen atoms in total. The number of aliphatic hydroxyl groups is 1. The number of aromatic nitrogens is 1. The number of halogens is 3. The Kier molecular flexibility index (Phi) is 11.7. The fourth-order valence-electron chi connectivity index (χ4n) is 5.31. The van der Waals surface area contributed by atoms with Gasteiger partial charge in [-0.05, 0) is 78.0 Å². The smallest absolute Gasteiger partial charge is 0.356 e. The highest BCUT2D eigenvalue weighted by Gasteiger charge is 2.41. The van der Waals surface area contributed by atoms with Gasteiger partial charge in [0.1, 0.15) is 0 Å². The zero-order valence-corrected chi connectivity index (χ0v) is 28.6. The number of ether oxygens (including phenoxy) is 1. The Labute approximate surface area is 277 Å². The molecule has 1 aliphatic rings. The number of urea groups is 1. The summed E-state index contributed by atoms with van der Waals surface area (Å²) in [6.07, 6.45) is -3.97. The number of carbonyl (C=O) groups excluding carboxylic acids is 1. The number of alkyl halides is 3. The SMILES string of the molecule is CC(C)OC(O)N[C@H]1CC[C@H](c2nc(C(F)(F)F)c(-c3ccc(NC(=O)NCc4ccccc4)cc3S(=O)(=O)NC(C)(C)C)s2)CC1. The molecule has 0 saturated heterocycles. The summed E-state index contributed by atoms with van der Waals surface area (Å²) in [5.74, 6) is -0.280. The van der Waals surface area contributed by atoms with Gasteiger partial charge in [-0.3, -0.25) is 5.32 Å². The van der Waals surface area contributed by atoms with E-state index in [-0.39, 0.29) is 45.7 Å². The van der Waals surface area contributed by atoms with Crippen LogP contribution in [-0.2, 0) is 27.5 Å². The number of hydrogen-bond acceptors (Lipinski definition) is 8. The van der Waals surface area contributed by atoms with Crippen molar-refractivity contribution < 1.29 is 36.2 Å². The number of rotatable bonds is 11. The van der Waals surface area contributed by atoms with Crippen LogP contribution in [0.4, 0.5) is 23.7 Å². The average molecular weight is 698 g/mol. The molecule has 47 heavy (non-hydrogen) atoms. The van der Waals surface area contributed by atoms with Crippen molar-refractivity contribution >= 4 is 33.1 Å². The molecule has 1 unspecified atom stereocenters. The predicted octanol–water partition coefficient (Wildman–Crippen LogP) is 6.54. The molecule has 1 saturated carbocycles. The highest BCUT2D eigenvalue weighted by atomic mass is 32.2. The molecule has 1 atom stereocenters. The second-order valence-electron chi connectivity index (χ2n) is 12.8. The number of nitrogens with one attached hydrogen (secondary N) is 4. The highest BCUT2D eigenvalue weighted by Crippen LogP contribution is 2.46. The first-order chi connectivity index (χ1) is 21.9. The molecule has 15 heteroatoms. The zero-order chi connectivity index (χ0) is 34.6. The first-order valence-electron chi connectivity index (χ1n) is 15.4. The van der Waals surface area contributed by atoms with Crippen molar-refractivity contribution in [2.24, 2.45) is 0 Å². The van der Waals surface area contributed by atoms with Crippen molar-refractivity contribution in [1.82, 2.24) is 20.3 Å². The van der Waals surface area contributed by atoms with Gasteiger partial charge >= 0.3 is 12.2 Å². The maximum atomic E-state index is 14.5. The Morgan fingerprint density at radius 1 is 1.06 bits per heavy atom. The molecule has 1 aliphatic carbocycles. The average Bonchev–Trinajstić information content (AvgIpc) is 3.42. The van der Waals surface area contributed by atoms with Crippen molar-refractivity contribution in [3.8, 4) is 10.4 Å². The second-order valence-corrected chi connectivity index (χ2v) is 15.5. The maximum Gasteiger partial charge on any atom is 0.434 e. The lowest BCUT2D eigenvalue weighted by atomic mass is 9.86. The van der Waals surface area contributed by atoms with Gasteiger partial charge in [0.05, 0.1) is 20.9 Å². The van der Waals surface area contributed by atoms with Crippen LogP contribution in [0.2, 0.25) is 0 Å². The molecule has 0 spiro atoms. The summed E-state index contributed by atoms with van der Waals surface area (Å²) in [7, 11) is -4.37. The van der Waals surface area contributed by atoms with Crippen molar-refractivity contribution in [1.29, 1.82) is 0 Å². The first-order valence-corrected chi connectivity index (χ1v) is 17.7. The molecule has 1 heterocycles. The lowest BCUT2D eigenvalue weighted by Crippen LogP contribution is -2.42. The summed E-state index contributed by atoms with van der Waals surface area (Å²) < 4.78 is 78.6. The third-order valence-corrected chi connectivity index (χ3v) is 10.3. The Hall–Kier alpha value is -3.08. The summed E-state index contributed by atoms with van der Waals surface area (Å²) in [5.41, 5.74) is -1.34. The minimum atomic E-state index is -4.85. The largest absolute Gasteiger partial charge is 0.434 e. The number of hydrogen-bond donors (Lipinski definition) is 5. The van der Waals surface area contributed by atoms with E-state index in [2.05, 4.69) is 25.7 Å². The van der Waals surface area contributed by atoms with Gasteiger partial charge in [0, 0.05) is 35.3 Å². The van der Waals surface area contributed by atoms with Crippen LogP contribution in [0.15, 0.2) is 53.4 Å². The van der Waals surface area contributed by atoms with E-state index in [0.717, 1.165) is 23.0 Å². The number of nitrogens with zero attached hydrogens (tertiary/aromatic N) is 1. The highest BCUT2D eigenvalue weighted by molar-refractivity contribution is 7.89. The topological polar surface area (TPSA) is 142 Å². The minimum absolute atomic E-state index is 0.0772. The number of anilines is 1. The van der Waals surface area contributed by atoms with E-state index in [1.807, 2.05) is 30.3 Å². The third-order valence-electron chi connectivity index (χ3n) is 7.28. The van der Waals surface area contributed by atoms with Gasteiger partial charge in [-0.2, -0.15) is 13.2 Å². The molecular formula is C32H42F3N5O5S2. The normalized spacial score (nSPS) is 18.3.